The number of benzene rings is 1. The molecule has 0 radical (unpaired) electrons. The van der Waals surface area contributed by atoms with Gasteiger partial charge in [0.2, 0.25) is 5.91 Å². The van der Waals surface area contributed by atoms with Crippen LogP contribution in [-0.2, 0) is 19.2 Å². The van der Waals surface area contributed by atoms with E-state index in [2.05, 4.69) is 37.2 Å². The number of carbonyl (C=O) groups is 5. The minimum atomic E-state index is -1.50. The highest BCUT2D eigenvalue weighted by molar-refractivity contribution is 9.10. The largest absolute Gasteiger partial charge is 0.481 e. The Balaban J connectivity index is 2.06. The van der Waals surface area contributed by atoms with E-state index in [-0.39, 0.29) is 19.4 Å². The summed E-state index contributed by atoms with van der Waals surface area (Å²) in [7, 11) is 0. The van der Waals surface area contributed by atoms with Gasteiger partial charge in [-0.25, -0.2) is 4.79 Å². The Kier molecular flexibility index (Phi) is 7.54. The van der Waals surface area contributed by atoms with Crippen LogP contribution in [0.3, 0.4) is 0 Å². The summed E-state index contributed by atoms with van der Waals surface area (Å²) in [5.41, 5.74) is -1.03. The molecule has 1 heterocycles. The van der Waals surface area contributed by atoms with E-state index in [1.54, 1.807) is 38.1 Å². The Morgan fingerprint density at radius 1 is 1.20 bits per heavy atom. The molecule has 162 valence electrons. The van der Waals surface area contributed by atoms with E-state index in [0.29, 0.717) is 5.69 Å². The molecule has 0 aromatic heterocycles. The number of carboxylic acid groups (broad SMARTS) is 1. The van der Waals surface area contributed by atoms with E-state index >= 15 is 0 Å². The van der Waals surface area contributed by atoms with Crippen LogP contribution in [0.4, 0.5) is 10.5 Å². The predicted molar refractivity (Wildman–Crippen MR) is 111 cm³/mol. The van der Waals surface area contributed by atoms with Crippen molar-refractivity contribution in [3.8, 4) is 0 Å². The monoisotopic (exact) mass is 482 g/mol. The number of aliphatic carboxylic acids is 1. The van der Waals surface area contributed by atoms with Crippen LogP contribution in [0.2, 0.25) is 0 Å². The third-order valence-electron chi connectivity index (χ3n) is 4.77. The summed E-state index contributed by atoms with van der Waals surface area (Å²) in [4.78, 5) is 60.5. The topological polar surface area (TPSA) is 154 Å². The lowest BCUT2D eigenvalue weighted by Gasteiger charge is -2.31. The van der Waals surface area contributed by atoms with Gasteiger partial charge in [0.25, 0.3) is 5.91 Å². The zero-order valence-corrected chi connectivity index (χ0v) is 18.0. The van der Waals surface area contributed by atoms with Gasteiger partial charge in [-0.3, -0.25) is 19.2 Å². The summed E-state index contributed by atoms with van der Waals surface area (Å²) in [6, 6.07) is 4.53. The van der Waals surface area contributed by atoms with Gasteiger partial charge >= 0.3 is 12.0 Å². The molecule has 1 aliphatic heterocycles. The molecule has 2 rings (SSSR count). The van der Waals surface area contributed by atoms with Crippen molar-refractivity contribution in [2.75, 3.05) is 11.9 Å². The van der Waals surface area contributed by atoms with Crippen molar-refractivity contribution in [3.05, 3.63) is 28.7 Å². The molecule has 0 bridgehead atoms. The highest BCUT2D eigenvalue weighted by Crippen LogP contribution is 2.29. The van der Waals surface area contributed by atoms with Crippen molar-refractivity contribution in [1.82, 2.24) is 16.0 Å². The number of Topliss-reactive ketones (excluding diaryl/α,β-unsaturated/α-hetero) is 1. The van der Waals surface area contributed by atoms with E-state index in [1.165, 1.54) is 0 Å². The summed E-state index contributed by atoms with van der Waals surface area (Å²) in [5, 5.41) is 18.5. The number of nitrogens with one attached hydrogen (secondary N) is 4. The van der Waals surface area contributed by atoms with Crippen LogP contribution in [0.5, 0.6) is 0 Å². The summed E-state index contributed by atoms with van der Waals surface area (Å²) >= 11 is 3.28. The average Bonchev–Trinajstić information content (AvgIpc) is 2.88. The molecule has 1 saturated heterocycles. The van der Waals surface area contributed by atoms with Crippen LogP contribution >= 0.6 is 15.9 Å². The fourth-order valence-corrected chi connectivity index (χ4v) is 3.35. The summed E-state index contributed by atoms with van der Waals surface area (Å²) in [6.07, 6.45) is -0.623. The second kappa shape index (κ2) is 9.70. The minimum Gasteiger partial charge on any atom is -0.481 e. The molecule has 11 heteroatoms. The maximum Gasteiger partial charge on any atom is 0.320 e. The van der Waals surface area contributed by atoms with Crippen LogP contribution in [0.25, 0.3) is 0 Å². The number of carboxylic acids is 1. The van der Waals surface area contributed by atoms with Gasteiger partial charge < -0.3 is 26.4 Å². The third kappa shape index (κ3) is 5.56. The molecule has 2 atom stereocenters. The first-order valence-corrected chi connectivity index (χ1v) is 10.0. The van der Waals surface area contributed by atoms with Crippen molar-refractivity contribution in [2.45, 2.75) is 38.3 Å². The Morgan fingerprint density at radius 3 is 2.40 bits per heavy atom. The molecular weight excluding hydrogens is 460 g/mol. The normalized spacial score (nSPS) is 20.6. The SMILES string of the molecule is CC(C)C1(CC(=O)NCCC(=O)O)NC(=O)C(NC(=O)Nc2ccc(Br)cc2)C1=O. The molecule has 0 spiro atoms. The van der Waals surface area contributed by atoms with Gasteiger partial charge in [0, 0.05) is 16.7 Å². The first-order valence-electron chi connectivity index (χ1n) is 9.23. The standard InChI is InChI=1S/C19H23BrN4O6/c1-10(2)19(9-13(25)21-8-7-14(26)27)16(28)15(17(29)24-19)23-18(30)22-12-5-3-11(20)4-6-12/h3-6,10,15H,7-9H2,1-2H3,(H,21,25)(H,24,29)(H,26,27)(H2,22,23,30). The molecule has 0 aliphatic carbocycles. The molecule has 10 nitrogen and oxygen atoms in total. The second-order valence-corrected chi connectivity index (χ2v) is 8.10. The van der Waals surface area contributed by atoms with Gasteiger partial charge in [0.1, 0.15) is 5.54 Å². The lowest BCUT2D eigenvalue weighted by molar-refractivity contribution is -0.137. The quantitative estimate of drug-likeness (QED) is 0.348. The molecule has 2 unspecified atom stereocenters. The number of halogens is 1. The maximum atomic E-state index is 13.0. The number of anilines is 1. The summed E-state index contributed by atoms with van der Waals surface area (Å²) < 4.78 is 0.821. The van der Waals surface area contributed by atoms with Crippen molar-refractivity contribution < 1.29 is 29.1 Å². The average molecular weight is 483 g/mol. The predicted octanol–water partition coefficient (Wildman–Crippen LogP) is 1.01. The number of amides is 4. The number of hydrogen-bond donors (Lipinski definition) is 5. The fourth-order valence-electron chi connectivity index (χ4n) is 3.08. The molecular formula is C19H23BrN4O6. The fraction of sp³-hybridized carbons (Fsp3) is 0.421. The van der Waals surface area contributed by atoms with Crippen molar-refractivity contribution in [2.24, 2.45) is 5.92 Å². The van der Waals surface area contributed by atoms with Crippen LogP contribution in [0.1, 0.15) is 26.7 Å². The number of carbonyl (C=O) groups excluding carboxylic acids is 4. The van der Waals surface area contributed by atoms with E-state index in [4.69, 9.17) is 5.11 Å². The van der Waals surface area contributed by atoms with E-state index in [0.717, 1.165) is 4.47 Å². The van der Waals surface area contributed by atoms with Gasteiger partial charge in [-0.15, -0.1) is 0 Å². The highest BCUT2D eigenvalue weighted by atomic mass is 79.9. The molecule has 1 aromatic rings. The number of ketones is 1. The van der Waals surface area contributed by atoms with E-state index in [9.17, 15) is 24.0 Å². The van der Waals surface area contributed by atoms with Crippen molar-refractivity contribution in [3.63, 3.8) is 0 Å². The summed E-state index contributed by atoms with van der Waals surface area (Å²) in [6.45, 7) is 3.25. The molecule has 5 N–H and O–H groups in total. The highest BCUT2D eigenvalue weighted by Gasteiger charge is 2.55. The van der Waals surface area contributed by atoms with Crippen LogP contribution in [0.15, 0.2) is 28.7 Å². The lowest BCUT2D eigenvalue weighted by atomic mass is 9.80. The van der Waals surface area contributed by atoms with Crippen LogP contribution < -0.4 is 21.3 Å². The van der Waals surface area contributed by atoms with E-state index < -0.39 is 47.1 Å². The Bertz CT molecular complexity index is 857. The molecule has 1 aromatic carbocycles. The van der Waals surface area contributed by atoms with E-state index in [1.807, 2.05) is 0 Å². The molecule has 30 heavy (non-hydrogen) atoms. The first-order chi connectivity index (χ1) is 14.0. The van der Waals surface area contributed by atoms with Gasteiger partial charge in [-0.1, -0.05) is 29.8 Å². The smallest absolute Gasteiger partial charge is 0.320 e. The number of rotatable bonds is 8. The van der Waals surface area contributed by atoms with Gasteiger partial charge in [-0.2, -0.15) is 0 Å². The Labute approximate surface area is 181 Å². The first kappa shape index (κ1) is 23.3. The lowest BCUT2D eigenvalue weighted by Crippen LogP contribution is -2.55. The molecule has 4 amide bonds. The molecule has 1 aliphatic rings. The third-order valence-corrected chi connectivity index (χ3v) is 5.30. The maximum absolute atomic E-state index is 13.0. The number of hydrogen-bond acceptors (Lipinski definition) is 5. The van der Waals surface area contributed by atoms with Gasteiger partial charge in [0.05, 0.1) is 12.8 Å². The zero-order chi connectivity index (χ0) is 22.5. The zero-order valence-electron chi connectivity index (χ0n) is 16.5. The minimum absolute atomic E-state index is 0.0955. The van der Waals surface area contributed by atoms with Crippen LogP contribution in [0, 0.1) is 5.92 Å². The summed E-state index contributed by atoms with van der Waals surface area (Å²) in [5.74, 6) is -3.42. The second-order valence-electron chi connectivity index (χ2n) is 7.19. The van der Waals surface area contributed by atoms with Gasteiger partial charge in [0.15, 0.2) is 11.8 Å². The Morgan fingerprint density at radius 2 is 1.83 bits per heavy atom. The van der Waals surface area contributed by atoms with Gasteiger partial charge in [-0.05, 0) is 30.2 Å². The van der Waals surface area contributed by atoms with Crippen molar-refractivity contribution >= 4 is 51.2 Å². The Hall–Kier alpha value is -2.95. The van der Waals surface area contributed by atoms with Crippen molar-refractivity contribution in [1.29, 1.82) is 0 Å². The van der Waals surface area contributed by atoms with Crippen LogP contribution in [-0.4, -0.2) is 52.8 Å². The number of urea groups is 1. The molecule has 1 fully saturated rings. The molecule has 0 saturated carbocycles.